The van der Waals surface area contributed by atoms with E-state index in [0.717, 1.165) is 13.1 Å². The number of para-hydroxylation sites is 2. The number of aromatic nitrogens is 2. The minimum absolute atomic E-state index is 0.0679. The Labute approximate surface area is 169 Å². The van der Waals surface area contributed by atoms with Crippen molar-refractivity contribution < 1.29 is 4.79 Å². The van der Waals surface area contributed by atoms with E-state index in [9.17, 15) is 4.79 Å². The molecule has 3 aromatic rings. The van der Waals surface area contributed by atoms with E-state index in [1.807, 2.05) is 29.2 Å². The Morgan fingerprint density at radius 2 is 1.59 bits per heavy atom. The SMILES string of the molecule is N#Cc1ccccc1Nc1ncc(C(=O)N2CCN(c3ccccc3)CC2)cn1. The summed E-state index contributed by atoms with van der Waals surface area (Å²) in [5.74, 6) is 0.278. The third-order valence-corrected chi connectivity index (χ3v) is 4.88. The van der Waals surface area contributed by atoms with E-state index >= 15 is 0 Å². The number of piperazine rings is 1. The Morgan fingerprint density at radius 1 is 0.931 bits per heavy atom. The summed E-state index contributed by atoms with van der Waals surface area (Å²) in [7, 11) is 0. The van der Waals surface area contributed by atoms with E-state index in [-0.39, 0.29) is 5.91 Å². The molecule has 7 heteroatoms. The van der Waals surface area contributed by atoms with Gasteiger partial charge < -0.3 is 15.1 Å². The highest BCUT2D eigenvalue weighted by atomic mass is 16.2. The van der Waals surface area contributed by atoms with Gasteiger partial charge in [0.25, 0.3) is 5.91 Å². The van der Waals surface area contributed by atoms with Gasteiger partial charge in [-0.2, -0.15) is 5.26 Å². The first-order valence-corrected chi connectivity index (χ1v) is 9.42. The molecule has 2 heterocycles. The maximum absolute atomic E-state index is 12.8. The molecule has 0 unspecified atom stereocenters. The molecule has 29 heavy (non-hydrogen) atoms. The van der Waals surface area contributed by atoms with Gasteiger partial charge in [-0.05, 0) is 24.3 Å². The molecule has 1 aromatic heterocycles. The maximum atomic E-state index is 12.8. The zero-order valence-corrected chi connectivity index (χ0v) is 15.8. The molecule has 1 aliphatic heterocycles. The fraction of sp³-hybridized carbons (Fsp3) is 0.182. The number of anilines is 3. The third kappa shape index (κ3) is 4.17. The van der Waals surface area contributed by atoms with Crippen LogP contribution in [0.2, 0.25) is 0 Å². The number of rotatable bonds is 4. The summed E-state index contributed by atoms with van der Waals surface area (Å²) >= 11 is 0. The van der Waals surface area contributed by atoms with E-state index in [2.05, 4.69) is 38.4 Å². The van der Waals surface area contributed by atoms with Gasteiger partial charge in [-0.1, -0.05) is 30.3 Å². The van der Waals surface area contributed by atoms with E-state index in [1.165, 1.54) is 18.1 Å². The molecule has 0 aliphatic carbocycles. The Hall–Kier alpha value is -3.92. The lowest BCUT2D eigenvalue weighted by Gasteiger charge is -2.36. The molecule has 144 valence electrons. The molecule has 1 amide bonds. The Bertz CT molecular complexity index is 1020. The predicted molar refractivity (Wildman–Crippen MR) is 111 cm³/mol. The largest absolute Gasteiger partial charge is 0.368 e. The molecule has 1 aliphatic rings. The lowest BCUT2D eigenvalue weighted by atomic mass is 10.2. The van der Waals surface area contributed by atoms with Gasteiger partial charge in [0, 0.05) is 44.3 Å². The van der Waals surface area contributed by atoms with Crippen molar-refractivity contribution in [1.82, 2.24) is 14.9 Å². The number of carbonyl (C=O) groups excluding carboxylic acids is 1. The molecular formula is C22H20N6O. The molecule has 1 fully saturated rings. The lowest BCUT2D eigenvalue weighted by molar-refractivity contribution is 0.0746. The van der Waals surface area contributed by atoms with Crippen LogP contribution < -0.4 is 10.2 Å². The van der Waals surface area contributed by atoms with Gasteiger partial charge in [-0.25, -0.2) is 9.97 Å². The van der Waals surface area contributed by atoms with Crippen molar-refractivity contribution in [3.05, 3.63) is 78.1 Å². The summed E-state index contributed by atoms with van der Waals surface area (Å²) in [5.41, 5.74) is 2.77. The van der Waals surface area contributed by atoms with Gasteiger partial charge in [0.05, 0.1) is 16.8 Å². The van der Waals surface area contributed by atoms with Gasteiger partial charge >= 0.3 is 0 Å². The summed E-state index contributed by atoms with van der Waals surface area (Å²) in [4.78, 5) is 25.4. The molecule has 2 aromatic carbocycles. The van der Waals surface area contributed by atoms with Gasteiger partial charge in [0.15, 0.2) is 0 Å². The Balaban J connectivity index is 1.38. The van der Waals surface area contributed by atoms with Gasteiger partial charge in [-0.3, -0.25) is 4.79 Å². The van der Waals surface area contributed by atoms with Crippen molar-refractivity contribution >= 4 is 23.2 Å². The summed E-state index contributed by atoms with van der Waals surface area (Å²) in [6.45, 7) is 2.90. The summed E-state index contributed by atoms with van der Waals surface area (Å²) in [6.07, 6.45) is 3.05. The van der Waals surface area contributed by atoms with Crippen LogP contribution in [0.15, 0.2) is 67.0 Å². The lowest BCUT2D eigenvalue weighted by Crippen LogP contribution is -2.48. The van der Waals surface area contributed by atoms with Crippen molar-refractivity contribution in [2.45, 2.75) is 0 Å². The molecule has 1 N–H and O–H groups in total. The first-order chi connectivity index (χ1) is 14.2. The van der Waals surface area contributed by atoms with Crippen LogP contribution in [0.1, 0.15) is 15.9 Å². The van der Waals surface area contributed by atoms with Crippen LogP contribution in [-0.2, 0) is 0 Å². The fourth-order valence-corrected chi connectivity index (χ4v) is 3.30. The number of nitrogens with one attached hydrogen (secondary N) is 1. The second-order valence-corrected chi connectivity index (χ2v) is 6.69. The number of hydrogen-bond acceptors (Lipinski definition) is 6. The van der Waals surface area contributed by atoms with Crippen molar-refractivity contribution in [2.75, 3.05) is 36.4 Å². The van der Waals surface area contributed by atoms with Crippen LogP contribution in [0.3, 0.4) is 0 Å². The monoisotopic (exact) mass is 384 g/mol. The van der Waals surface area contributed by atoms with E-state index in [0.29, 0.717) is 35.9 Å². The fourth-order valence-electron chi connectivity index (χ4n) is 3.30. The number of hydrogen-bond donors (Lipinski definition) is 1. The molecule has 0 radical (unpaired) electrons. The molecule has 0 bridgehead atoms. The van der Waals surface area contributed by atoms with E-state index in [4.69, 9.17) is 5.26 Å². The van der Waals surface area contributed by atoms with Gasteiger partial charge in [0.1, 0.15) is 6.07 Å². The second-order valence-electron chi connectivity index (χ2n) is 6.69. The first-order valence-electron chi connectivity index (χ1n) is 9.42. The van der Waals surface area contributed by atoms with Crippen LogP contribution in [-0.4, -0.2) is 47.0 Å². The number of nitriles is 1. The number of carbonyl (C=O) groups is 1. The van der Waals surface area contributed by atoms with E-state index < -0.39 is 0 Å². The van der Waals surface area contributed by atoms with Crippen LogP contribution in [0.4, 0.5) is 17.3 Å². The molecule has 0 atom stereocenters. The number of nitrogens with zero attached hydrogens (tertiary/aromatic N) is 5. The van der Waals surface area contributed by atoms with Crippen LogP contribution >= 0.6 is 0 Å². The molecule has 0 spiro atoms. The normalized spacial score (nSPS) is 13.6. The quantitative estimate of drug-likeness (QED) is 0.744. The maximum Gasteiger partial charge on any atom is 0.257 e. The van der Waals surface area contributed by atoms with Crippen molar-refractivity contribution in [3.63, 3.8) is 0 Å². The zero-order valence-electron chi connectivity index (χ0n) is 15.8. The van der Waals surface area contributed by atoms with Crippen LogP contribution in [0.5, 0.6) is 0 Å². The summed E-state index contributed by atoms with van der Waals surface area (Å²) < 4.78 is 0. The highest BCUT2D eigenvalue weighted by Gasteiger charge is 2.22. The smallest absolute Gasteiger partial charge is 0.257 e. The Kier molecular flexibility index (Phi) is 5.34. The van der Waals surface area contributed by atoms with Crippen molar-refractivity contribution in [1.29, 1.82) is 5.26 Å². The third-order valence-electron chi connectivity index (χ3n) is 4.88. The summed E-state index contributed by atoms with van der Waals surface area (Å²) in [6, 6.07) is 19.5. The van der Waals surface area contributed by atoms with Crippen molar-refractivity contribution in [3.8, 4) is 6.07 Å². The molecular weight excluding hydrogens is 364 g/mol. The number of amides is 1. The highest BCUT2D eigenvalue weighted by molar-refractivity contribution is 5.94. The summed E-state index contributed by atoms with van der Waals surface area (Å²) in [5, 5.41) is 12.2. The second kappa shape index (κ2) is 8.40. The molecule has 1 saturated heterocycles. The zero-order chi connectivity index (χ0) is 20.1. The minimum Gasteiger partial charge on any atom is -0.368 e. The van der Waals surface area contributed by atoms with Gasteiger partial charge in [0.2, 0.25) is 5.95 Å². The number of benzene rings is 2. The standard InChI is InChI=1S/C22H20N6O/c23-14-17-6-4-5-9-20(17)26-22-24-15-18(16-25-22)21(29)28-12-10-27(11-13-28)19-7-2-1-3-8-19/h1-9,15-16H,10-13H2,(H,24,25,26). The Morgan fingerprint density at radius 3 is 2.28 bits per heavy atom. The highest BCUT2D eigenvalue weighted by Crippen LogP contribution is 2.19. The molecule has 7 nitrogen and oxygen atoms in total. The predicted octanol–water partition coefficient (Wildman–Crippen LogP) is 3.05. The van der Waals surface area contributed by atoms with E-state index in [1.54, 1.807) is 18.2 Å². The van der Waals surface area contributed by atoms with Crippen LogP contribution in [0, 0.1) is 11.3 Å². The van der Waals surface area contributed by atoms with Crippen LogP contribution in [0.25, 0.3) is 0 Å². The first kappa shape index (κ1) is 18.4. The van der Waals surface area contributed by atoms with Gasteiger partial charge in [-0.15, -0.1) is 0 Å². The minimum atomic E-state index is -0.0679. The average Bonchev–Trinajstić information content (AvgIpc) is 2.80. The van der Waals surface area contributed by atoms with Crippen molar-refractivity contribution in [2.24, 2.45) is 0 Å². The topological polar surface area (TPSA) is 85.1 Å². The molecule has 0 saturated carbocycles. The molecule has 4 rings (SSSR count). The average molecular weight is 384 g/mol.